The summed E-state index contributed by atoms with van der Waals surface area (Å²) in [5.41, 5.74) is -1.03. The number of hydrogen-bond acceptors (Lipinski definition) is 3. The number of hydrogen-bond donors (Lipinski definition) is 2. The molecule has 0 bridgehead atoms. The molecule has 18 heavy (non-hydrogen) atoms. The molecular formula is C13H26N2O3. The van der Waals surface area contributed by atoms with E-state index in [-0.39, 0.29) is 30.4 Å². The number of carbonyl (C=O) groups is 2. The van der Waals surface area contributed by atoms with Crippen LogP contribution in [-0.4, -0.2) is 47.6 Å². The number of rotatable bonds is 5. The fraction of sp³-hybridized carbons (Fsp3) is 0.846. The van der Waals surface area contributed by atoms with Crippen molar-refractivity contribution in [2.45, 2.75) is 46.6 Å². The molecule has 0 fully saturated rings. The molecule has 106 valence electrons. The van der Waals surface area contributed by atoms with Crippen LogP contribution in [0.5, 0.6) is 0 Å². The Hall–Kier alpha value is -1.10. The lowest BCUT2D eigenvalue weighted by Gasteiger charge is -2.35. The van der Waals surface area contributed by atoms with Gasteiger partial charge in [-0.15, -0.1) is 0 Å². The highest BCUT2D eigenvalue weighted by Crippen LogP contribution is 2.22. The normalized spacial score (nSPS) is 12.2. The van der Waals surface area contributed by atoms with Crippen LogP contribution in [0.2, 0.25) is 0 Å². The van der Waals surface area contributed by atoms with Crippen LogP contribution < -0.4 is 5.32 Å². The third kappa shape index (κ3) is 5.04. The molecule has 0 aromatic heterocycles. The van der Waals surface area contributed by atoms with Gasteiger partial charge in [-0.2, -0.15) is 0 Å². The molecule has 2 amide bonds. The van der Waals surface area contributed by atoms with Crippen LogP contribution in [0.15, 0.2) is 0 Å². The number of aliphatic hydroxyl groups is 1. The van der Waals surface area contributed by atoms with Crippen LogP contribution in [-0.2, 0) is 9.59 Å². The maximum Gasteiger partial charge on any atom is 0.245 e. The highest BCUT2D eigenvalue weighted by atomic mass is 16.3. The molecule has 0 saturated carbocycles. The average molecular weight is 258 g/mol. The summed E-state index contributed by atoms with van der Waals surface area (Å²) in [5, 5.41) is 11.3. The van der Waals surface area contributed by atoms with Crippen LogP contribution in [0.4, 0.5) is 0 Å². The predicted octanol–water partition coefficient (Wildman–Crippen LogP) is 0.768. The average Bonchev–Trinajstić information content (AvgIpc) is 2.22. The van der Waals surface area contributed by atoms with Crippen LogP contribution in [0, 0.1) is 5.41 Å². The molecule has 0 unspecified atom stereocenters. The molecule has 0 aliphatic heterocycles. The van der Waals surface area contributed by atoms with E-state index in [0.717, 1.165) is 0 Å². The van der Waals surface area contributed by atoms with Crippen molar-refractivity contribution in [2.75, 3.05) is 20.2 Å². The predicted molar refractivity (Wildman–Crippen MR) is 71.0 cm³/mol. The molecule has 0 saturated heterocycles. The Kier molecular flexibility index (Phi) is 5.80. The number of carbonyl (C=O) groups excluding carboxylic acids is 2. The molecule has 0 radical (unpaired) electrons. The smallest absolute Gasteiger partial charge is 0.245 e. The van der Waals surface area contributed by atoms with Gasteiger partial charge in [0.2, 0.25) is 11.8 Å². The molecule has 0 rings (SSSR count). The summed E-state index contributed by atoms with van der Waals surface area (Å²) in [5.74, 6) is -0.326. The lowest BCUT2D eigenvalue weighted by Crippen LogP contribution is -2.56. The minimum Gasteiger partial charge on any atom is -0.395 e. The molecule has 0 aromatic rings. The zero-order valence-electron chi connectivity index (χ0n) is 12.3. The number of nitrogens with one attached hydrogen (secondary N) is 1. The van der Waals surface area contributed by atoms with Crippen molar-refractivity contribution in [1.82, 2.24) is 10.2 Å². The summed E-state index contributed by atoms with van der Waals surface area (Å²) >= 11 is 0. The van der Waals surface area contributed by atoms with Gasteiger partial charge >= 0.3 is 0 Å². The summed E-state index contributed by atoms with van der Waals surface area (Å²) < 4.78 is 0. The number of aliphatic hydroxyl groups excluding tert-OH is 1. The second kappa shape index (κ2) is 6.18. The SMILES string of the molecule is CN(C(=O)CC(C)(C)C)C(C)(C)C(=O)NCCO. The zero-order chi connectivity index (χ0) is 14.6. The quantitative estimate of drug-likeness (QED) is 0.765. The van der Waals surface area contributed by atoms with Gasteiger partial charge < -0.3 is 15.3 Å². The molecule has 0 aliphatic rings. The van der Waals surface area contributed by atoms with Crippen LogP contribution in [0.3, 0.4) is 0 Å². The van der Waals surface area contributed by atoms with E-state index in [1.807, 2.05) is 20.8 Å². The maximum atomic E-state index is 12.1. The fourth-order valence-electron chi connectivity index (χ4n) is 1.42. The Labute approximate surface area is 110 Å². The van der Waals surface area contributed by atoms with Crippen molar-refractivity contribution >= 4 is 11.8 Å². The Morgan fingerprint density at radius 2 is 1.67 bits per heavy atom. The highest BCUT2D eigenvalue weighted by molar-refractivity contribution is 5.90. The molecular weight excluding hydrogens is 232 g/mol. The first-order chi connectivity index (χ1) is 8.02. The fourth-order valence-corrected chi connectivity index (χ4v) is 1.42. The standard InChI is InChI=1S/C13H26N2O3/c1-12(2,3)9-10(17)15(6)13(4,5)11(18)14-7-8-16/h16H,7-9H2,1-6H3,(H,14,18). The monoisotopic (exact) mass is 258 g/mol. The molecule has 0 aromatic carbocycles. The van der Waals surface area contributed by atoms with Gasteiger partial charge in [0.25, 0.3) is 0 Å². The summed E-state index contributed by atoms with van der Waals surface area (Å²) in [7, 11) is 1.63. The van der Waals surface area contributed by atoms with Gasteiger partial charge in [0.15, 0.2) is 0 Å². The lowest BCUT2D eigenvalue weighted by atomic mass is 9.90. The van der Waals surface area contributed by atoms with E-state index in [0.29, 0.717) is 6.42 Å². The molecule has 5 heteroatoms. The first-order valence-electron chi connectivity index (χ1n) is 6.18. The Balaban J connectivity index is 4.68. The summed E-state index contributed by atoms with van der Waals surface area (Å²) in [6.45, 7) is 9.43. The third-order valence-corrected chi connectivity index (χ3v) is 2.85. The number of amides is 2. The van der Waals surface area contributed by atoms with E-state index < -0.39 is 5.54 Å². The van der Waals surface area contributed by atoms with Gasteiger partial charge in [0.05, 0.1) is 6.61 Å². The van der Waals surface area contributed by atoms with E-state index in [4.69, 9.17) is 5.11 Å². The number of nitrogens with zero attached hydrogens (tertiary/aromatic N) is 1. The summed E-state index contributed by atoms with van der Waals surface area (Å²) in [6, 6.07) is 0. The van der Waals surface area contributed by atoms with Gasteiger partial charge in [0.1, 0.15) is 5.54 Å². The van der Waals surface area contributed by atoms with Crippen LogP contribution in [0.25, 0.3) is 0 Å². The molecule has 5 nitrogen and oxygen atoms in total. The van der Waals surface area contributed by atoms with Gasteiger partial charge in [-0.25, -0.2) is 0 Å². The molecule has 0 spiro atoms. The Bertz CT molecular complexity index is 306. The van der Waals surface area contributed by atoms with Crippen LogP contribution >= 0.6 is 0 Å². The highest BCUT2D eigenvalue weighted by Gasteiger charge is 2.35. The number of likely N-dealkylation sites (N-methyl/N-ethyl adjacent to an activating group) is 1. The third-order valence-electron chi connectivity index (χ3n) is 2.85. The Morgan fingerprint density at radius 3 is 2.06 bits per heavy atom. The maximum absolute atomic E-state index is 12.1. The van der Waals surface area contributed by atoms with Gasteiger partial charge in [0, 0.05) is 20.0 Å². The zero-order valence-corrected chi connectivity index (χ0v) is 12.3. The summed E-state index contributed by atoms with van der Waals surface area (Å²) in [4.78, 5) is 25.5. The first kappa shape index (κ1) is 16.9. The second-order valence-electron chi connectivity index (χ2n) is 6.23. The lowest BCUT2D eigenvalue weighted by molar-refractivity contribution is -0.145. The minimum atomic E-state index is -0.919. The molecule has 0 atom stereocenters. The van der Waals surface area contributed by atoms with Crippen molar-refractivity contribution in [3.63, 3.8) is 0 Å². The van der Waals surface area contributed by atoms with E-state index in [2.05, 4.69) is 5.32 Å². The van der Waals surface area contributed by atoms with Crippen molar-refractivity contribution in [2.24, 2.45) is 5.41 Å². The van der Waals surface area contributed by atoms with Crippen molar-refractivity contribution < 1.29 is 14.7 Å². The van der Waals surface area contributed by atoms with Gasteiger partial charge in [-0.3, -0.25) is 9.59 Å². The first-order valence-corrected chi connectivity index (χ1v) is 6.18. The molecule has 2 N–H and O–H groups in total. The largest absolute Gasteiger partial charge is 0.395 e. The summed E-state index contributed by atoms with van der Waals surface area (Å²) in [6.07, 6.45) is 0.389. The Morgan fingerprint density at radius 1 is 1.17 bits per heavy atom. The van der Waals surface area contributed by atoms with Crippen molar-refractivity contribution in [1.29, 1.82) is 0 Å². The van der Waals surface area contributed by atoms with E-state index >= 15 is 0 Å². The van der Waals surface area contributed by atoms with Gasteiger partial charge in [-0.1, -0.05) is 20.8 Å². The second-order valence-corrected chi connectivity index (χ2v) is 6.23. The van der Waals surface area contributed by atoms with Gasteiger partial charge in [-0.05, 0) is 19.3 Å². The van der Waals surface area contributed by atoms with E-state index in [9.17, 15) is 9.59 Å². The van der Waals surface area contributed by atoms with Crippen LogP contribution in [0.1, 0.15) is 41.0 Å². The van der Waals surface area contributed by atoms with Crippen molar-refractivity contribution in [3.8, 4) is 0 Å². The topological polar surface area (TPSA) is 69.6 Å². The van der Waals surface area contributed by atoms with E-state index in [1.165, 1.54) is 4.90 Å². The molecule has 0 aliphatic carbocycles. The van der Waals surface area contributed by atoms with E-state index in [1.54, 1.807) is 20.9 Å². The van der Waals surface area contributed by atoms with Crippen molar-refractivity contribution in [3.05, 3.63) is 0 Å². The molecule has 0 heterocycles. The minimum absolute atomic E-state index is 0.0633.